The molecule has 2 fully saturated rings. The maximum atomic E-state index is 13.5. The van der Waals surface area contributed by atoms with E-state index in [9.17, 15) is 14.4 Å². The number of piperidine rings is 2. The Balaban J connectivity index is 1.11. The van der Waals surface area contributed by atoms with Crippen molar-refractivity contribution in [3.8, 4) is 11.1 Å². The number of likely N-dealkylation sites (tertiary alicyclic amines) is 1. The second kappa shape index (κ2) is 15.2. The normalized spacial score (nSPS) is 16.6. The van der Waals surface area contributed by atoms with Crippen LogP contribution in [0.1, 0.15) is 40.2 Å². The predicted molar refractivity (Wildman–Crippen MR) is 170 cm³/mol. The van der Waals surface area contributed by atoms with Gasteiger partial charge in [-0.05, 0) is 69.0 Å². The highest BCUT2D eigenvalue weighted by molar-refractivity contribution is 7.14. The lowest BCUT2D eigenvalue weighted by atomic mass is 9.96. The smallest absolute Gasteiger partial charge is 0.429 e. The van der Waals surface area contributed by atoms with Gasteiger partial charge in [0.25, 0.3) is 0 Å². The van der Waals surface area contributed by atoms with Gasteiger partial charge in [0, 0.05) is 42.5 Å². The number of primary amides is 1. The van der Waals surface area contributed by atoms with Crippen molar-refractivity contribution in [2.45, 2.75) is 32.2 Å². The third-order valence-corrected chi connectivity index (χ3v) is 9.06. The van der Waals surface area contributed by atoms with Crippen molar-refractivity contribution < 1.29 is 19.1 Å². The summed E-state index contributed by atoms with van der Waals surface area (Å²) in [5, 5.41) is 6.85. The number of nitrogens with one attached hydrogen (secondary N) is 1. The zero-order valence-electron chi connectivity index (χ0n) is 24.5. The van der Waals surface area contributed by atoms with Crippen molar-refractivity contribution in [2.75, 3.05) is 50.9 Å². The molecule has 3 aromatic rings. The van der Waals surface area contributed by atoms with Crippen molar-refractivity contribution >= 4 is 34.8 Å². The molecule has 0 atom stereocenters. The molecule has 0 unspecified atom stereocenters. The van der Waals surface area contributed by atoms with Crippen LogP contribution in [0.4, 0.5) is 10.5 Å². The summed E-state index contributed by atoms with van der Waals surface area (Å²) in [7, 11) is 0. The van der Waals surface area contributed by atoms with Crippen LogP contribution in [0, 0.1) is 12.3 Å². The molecule has 2 aromatic carbocycles. The van der Waals surface area contributed by atoms with Crippen LogP contribution >= 0.6 is 11.3 Å². The summed E-state index contributed by atoms with van der Waals surface area (Å²) in [6, 6.07) is 21.8. The minimum Gasteiger partial charge on any atom is -0.447 e. The molecule has 9 nitrogen and oxygen atoms in total. The van der Waals surface area contributed by atoms with Gasteiger partial charge in [0.2, 0.25) is 5.91 Å². The maximum absolute atomic E-state index is 13.5. The van der Waals surface area contributed by atoms with Crippen LogP contribution in [0.3, 0.4) is 0 Å². The number of Topliss-reactive ketones (excluding diaryl/α,β-unsaturated/α-hetero) is 1. The topological polar surface area (TPSA) is 108 Å². The molecule has 2 aliphatic heterocycles. The van der Waals surface area contributed by atoms with Crippen LogP contribution in [0.2, 0.25) is 0 Å². The summed E-state index contributed by atoms with van der Waals surface area (Å²) in [5.41, 5.74) is 8.22. The van der Waals surface area contributed by atoms with Crippen molar-refractivity contribution in [2.24, 2.45) is 11.7 Å². The van der Waals surface area contributed by atoms with Crippen LogP contribution in [0.15, 0.2) is 66.7 Å². The summed E-state index contributed by atoms with van der Waals surface area (Å²) >= 11 is 1.50. The molecule has 10 heteroatoms. The molecule has 43 heavy (non-hydrogen) atoms. The van der Waals surface area contributed by atoms with Gasteiger partial charge in [-0.25, -0.2) is 14.8 Å². The van der Waals surface area contributed by atoms with E-state index in [1.165, 1.54) is 11.3 Å². The molecular weight excluding hydrogens is 562 g/mol. The minimum atomic E-state index is -0.429. The number of amides is 2. The number of ketones is 1. The summed E-state index contributed by atoms with van der Waals surface area (Å²) in [4.78, 5) is 41.8. The number of ether oxygens (including phenoxy) is 1. The lowest BCUT2D eigenvalue weighted by Gasteiger charge is -2.37. The van der Waals surface area contributed by atoms with Crippen molar-refractivity contribution in [3.05, 3.63) is 82.9 Å². The molecular formula is C33H40N5O4S. The van der Waals surface area contributed by atoms with Gasteiger partial charge in [-0.3, -0.25) is 14.5 Å². The lowest BCUT2D eigenvalue weighted by Crippen LogP contribution is -2.50. The molecule has 1 aromatic heterocycles. The molecule has 2 amide bonds. The summed E-state index contributed by atoms with van der Waals surface area (Å²) < 4.78 is 5.73. The van der Waals surface area contributed by atoms with Gasteiger partial charge in [0.05, 0.1) is 17.1 Å². The quantitative estimate of drug-likeness (QED) is 0.228. The first kappa shape index (κ1) is 30.9. The second-order valence-electron chi connectivity index (χ2n) is 10.9. The van der Waals surface area contributed by atoms with E-state index < -0.39 is 6.09 Å². The first-order valence-corrected chi connectivity index (χ1v) is 15.8. The van der Waals surface area contributed by atoms with Crippen molar-refractivity contribution in [3.63, 3.8) is 0 Å². The molecule has 0 spiro atoms. The number of anilines is 1. The molecule has 0 bridgehead atoms. The summed E-state index contributed by atoms with van der Waals surface area (Å²) in [6.45, 7) is 4.59. The Morgan fingerprint density at radius 3 is 2.40 bits per heavy atom. The number of nitrogens with zero attached hydrogens (tertiary/aromatic N) is 3. The minimum absolute atomic E-state index is 0.0120. The Morgan fingerprint density at radius 1 is 0.930 bits per heavy atom. The van der Waals surface area contributed by atoms with E-state index in [2.05, 4.69) is 21.6 Å². The number of carbonyl (C=O) groups excluding carboxylic acids is 3. The fourth-order valence-electron chi connectivity index (χ4n) is 5.59. The van der Waals surface area contributed by atoms with Gasteiger partial charge in [0.15, 0.2) is 5.78 Å². The molecule has 2 saturated heterocycles. The number of hydrogen-bond acceptors (Lipinski definition) is 8. The standard InChI is InChI=1S/C33H40N5O4S/c34-32(40)26-15-20-36(21-16-26)24-27-13-14-31(43-27)30(39)23-35-17-22-42-33(41)38(37-18-7-2-8-19-37)29-12-6-5-11-28(29)25-9-3-1-4-10-25/h1-6,9-14,26,35H,7-8,15-24H2,(H2,34,40). The van der Waals surface area contributed by atoms with E-state index in [0.29, 0.717) is 11.4 Å². The largest absolute Gasteiger partial charge is 0.447 e. The lowest BCUT2D eigenvalue weighted by molar-refractivity contribution is -0.123. The summed E-state index contributed by atoms with van der Waals surface area (Å²) in [5.74, 6) is -0.228. The fraction of sp³-hybridized carbons (Fsp3) is 0.394. The zero-order chi connectivity index (χ0) is 30.0. The van der Waals surface area contributed by atoms with E-state index >= 15 is 0 Å². The van der Waals surface area contributed by atoms with Gasteiger partial charge < -0.3 is 15.8 Å². The highest BCUT2D eigenvalue weighted by Crippen LogP contribution is 2.33. The number of benzene rings is 2. The molecule has 2 aliphatic rings. The number of thiophene rings is 1. The van der Waals surface area contributed by atoms with Gasteiger partial charge in [-0.15, -0.1) is 11.3 Å². The molecule has 3 heterocycles. The number of carbonyl (C=O) groups is 3. The van der Waals surface area contributed by atoms with Crippen LogP contribution < -0.4 is 16.1 Å². The maximum Gasteiger partial charge on any atom is 0.429 e. The van der Waals surface area contributed by atoms with E-state index in [1.807, 2.05) is 66.7 Å². The Bertz CT molecular complexity index is 1370. The third-order valence-electron chi connectivity index (χ3n) is 7.95. The van der Waals surface area contributed by atoms with Crippen LogP contribution in [-0.4, -0.2) is 73.6 Å². The summed E-state index contributed by atoms with van der Waals surface area (Å²) in [6.07, 6.45) is 5.19. The van der Waals surface area contributed by atoms with Gasteiger partial charge >= 0.3 is 6.09 Å². The van der Waals surface area contributed by atoms with Crippen LogP contribution in [-0.2, 0) is 16.1 Å². The number of hydrazine groups is 1. The second-order valence-corrected chi connectivity index (χ2v) is 12.1. The van der Waals surface area contributed by atoms with E-state index in [4.69, 9.17) is 10.5 Å². The Kier molecular flexibility index (Phi) is 10.9. The molecule has 3 N–H and O–H groups in total. The monoisotopic (exact) mass is 602 g/mol. The Morgan fingerprint density at radius 2 is 1.65 bits per heavy atom. The first-order chi connectivity index (χ1) is 21.0. The average Bonchev–Trinajstić information content (AvgIpc) is 3.51. The zero-order valence-corrected chi connectivity index (χ0v) is 25.3. The van der Waals surface area contributed by atoms with Gasteiger partial charge in [-0.2, -0.15) is 0 Å². The van der Waals surface area contributed by atoms with Crippen LogP contribution in [0.5, 0.6) is 0 Å². The number of hydrogen-bond donors (Lipinski definition) is 2. The van der Waals surface area contributed by atoms with Crippen molar-refractivity contribution in [1.29, 1.82) is 0 Å². The molecule has 0 aliphatic carbocycles. The molecule has 0 saturated carbocycles. The van der Waals surface area contributed by atoms with E-state index in [1.54, 1.807) is 5.01 Å². The fourth-order valence-corrected chi connectivity index (χ4v) is 6.58. The van der Waals surface area contributed by atoms with Crippen LogP contribution in [0.25, 0.3) is 11.1 Å². The predicted octanol–water partition coefficient (Wildman–Crippen LogP) is 4.74. The first-order valence-electron chi connectivity index (χ1n) is 15.0. The number of nitrogens with two attached hydrogens (primary N) is 1. The third kappa shape index (κ3) is 8.29. The average molecular weight is 603 g/mol. The van der Waals surface area contributed by atoms with Gasteiger partial charge in [0.1, 0.15) is 6.61 Å². The van der Waals surface area contributed by atoms with E-state index in [-0.39, 0.29) is 30.8 Å². The number of rotatable bonds is 12. The molecule has 227 valence electrons. The highest BCUT2D eigenvalue weighted by Gasteiger charge is 2.28. The molecule has 1 radical (unpaired) electrons. The number of para-hydroxylation sites is 1. The highest BCUT2D eigenvalue weighted by atomic mass is 32.1. The van der Waals surface area contributed by atoms with Gasteiger partial charge in [-0.1, -0.05) is 48.5 Å². The molecule has 5 rings (SSSR count). The SMILES string of the molecule is NC(=O)C1CCN(Cc2ccc(C(=O)CNCCOC(=O)N(c3ccccc3-c3ccccc3)N3CC[CH]CC3)s2)CC1. The van der Waals surface area contributed by atoms with Crippen molar-refractivity contribution in [1.82, 2.24) is 15.2 Å². The Labute approximate surface area is 257 Å². The van der Waals surface area contributed by atoms with E-state index in [0.717, 1.165) is 80.1 Å². The Hall–Kier alpha value is -3.57.